The number of ether oxygens (including phenoxy) is 2. The predicted octanol–water partition coefficient (Wildman–Crippen LogP) is 5.07. The Morgan fingerprint density at radius 1 is 1.15 bits per heavy atom. The first kappa shape index (κ1) is 20.6. The van der Waals surface area contributed by atoms with E-state index in [4.69, 9.17) is 9.47 Å². The van der Waals surface area contributed by atoms with Crippen LogP contribution in [0.3, 0.4) is 0 Å². The van der Waals surface area contributed by atoms with Crippen molar-refractivity contribution < 1.29 is 14.3 Å². The number of amides is 1. The van der Waals surface area contributed by atoms with E-state index < -0.39 is 6.09 Å². The minimum atomic E-state index is -0.420. The third kappa shape index (κ3) is 7.65. The fourth-order valence-corrected chi connectivity index (χ4v) is 3.27. The van der Waals surface area contributed by atoms with Crippen molar-refractivity contribution in [2.75, 3.05) is 31.6 Å². The van der Waals surface area contributed by atoms with Crippen LogP contribution >= 0.6 is 0 Å². The Kier molecular flexibility index (Phi) is 9.32. The zero-order valence-electron chi connectivity index (χ0n) is 16.3. The fourth-order valence-electron chi connectivity index (χ4n) is 3.27. The maximum absolute atomic E-state index is 12.2. The van der Waals surface area contributed by atoms with Gasteiger partial charge in [-0.15, -0.1) is 0 Å². The van der Waals surface area contributed by atoms with Crippen molar-refractivity contribution in [2.45, 2.75) is 64.9 Å². The number of nitrogens with zero attached hydrogens (tertiary/aromatic N) is 1. The number of carbonyl (C=O) groups excluding carboxylic acids is 1. The van der Waals surface area contributed by atoms with E-state index in [0.29, 0.717) is 18.0 Å². The van der Waals surface area contributed by atoms with Crippen molar-refractivity contribution in [2.24, 2.45) is 0 Å². The number of benzene rings is 1. The zero-order chi connectivity index (χ0) is 18.6. The third-order valence-corrected chi connectivity index (χ3v) is 4.65. The summed E-state index contributed by atoms with van der Waals surface area (Å²) in [6.45, 7) is 7.80. The number of para-hydroxylation sites is 2. The van der Waals surface area contributed by atoms with Crippen LogP contribution in [0, 0.1) is 0 Å². The van der Waals surface area contributed by atoms with E-state index >= 15 is 0 Å². The number of nitrogens with one attached hydrogen (secondary N) is 1. The van der Waals surface area contributed by atoms with Gasteiger partial charge in [-0.05, 0) is 51.4 Å². The van der Waals surface area contributed by atoms with Gasteiger partial charge in [-0.1, -0.05) is 44.7 Å². The lowest BCUT2D eigenvalue weighted by molar-refractivity contribution is 0.0832. The molecule has 1 saturated heterocycles. The highest BCUT2D eigenvalue weighted by Gasteiger charge is 2.17. The van der Waals surface area contributed by atoms with Crippen molar-refractivity contribution in [1.29, 1.82) is 0 Å². The summed E-state index contributed by atoms with van der Waals surface area (Å²) in [5.74, 6) is 0.699. The quantitative estimate of drug-likeness (QED) is 0.591. The number of likely N-dealkylation sites (tertiary alicyclic amines) is 1. The molecular formula is C21H34N2O3. The van der Waals surface area contributed by atoms with Crippen LogP contribution in [0.2, 0.25) is 0 Å². The molecule has 1 aliphatic heterocycles. The summed E-state index contributed by atoms with van der Waals surface area (Å²) >= 11 is 0. The molecule has 0 aliphatic carbocycles. The minimum Gasteiger partial charge on any atom is -0.491 e. The molecular weight excluding hydrogens is 328 g/mol. The maximum Gasteiger partial charge on any atom is 0.412 e. The molecule has 1 aromatic carbocycles. The summed E-state index contributed by atoms with van der Waals surface area (Å²) in [4.78, 5) is 14.6. The van der Waals surface area contributed by atoms with Gasteiger partial charge in [-0.3, -0.25) is 10.2 Å². The maximum atomic E-state index is 12.2. The second-order valence-electron chi connectivity index (χ2n) is 7.11. The highest BCUT2D eigenvalue weighted by atomic mass is 16.6. The molecule has 1 N–H and O–H groups in total. The van der Waals surface area contributed by atoms with Gasteiger partial charge in [0.1, 0.15) is 11.9 Å². The minimum absolute atomic E-state index is 0.129. The van der Waals surface area contributed by atoms with Gasteiger partial charge in [0.25, 0.3) is 0 Å². The number of piperidine rings is 1. The molecule has 1 amide bonds. The molecule has 2 rings (SSSR count). The lowest BCUT2D eigenvalue weighted by atomic mass is 10.1. The molecule has 1 atom stereocenters. The molecule has 1 heterocycles. The van der Waals surface area contributed by atoms with Crippen molar-refractivity contribution in [3.63, 3.8) is 0 Å². The van der Waals surface area contributed by atoms with Gasteiger partial charge in [0, 0.05) is 6.54 Å². The Hall–Kier alpha value is -1.75. The molecule has 1 fully saturated rings. The van der Waals surface area contributed by atoms with Crippen molar-refractivity contribution >= 4 is 11.8 Å². The molecule has 0 spiro atoms. The van der Waals surface area contributed by atoms with Gasteiger partial charge in [0.05, 0.1) is 12.3 Å². The second-order valence-corrected chi connectivity index (χ2v) is 7.11. The molecule has 0 bridgehead atoms. The number of hydrogen-bond donors (Lipinski definition) is 1. The van der Waals surface area contributed by atoms with E-state index in [2.05, 4.69) is 17.1 Å². The molecule has 0 radical (unpaired) electrons. The standard InChI is InChI=1S/C21H34N2O3/c1-3-4-5-11-16-25-20-13-8-7-12-19(20)22-21(24)26-18(2)17-23-14-9-6-10-15-23/h7-8,12-13,18H,3-6,9-11,14-17H2,1-2H3,(H,22,24)/t18-/m1/s1. The van der Waals surface area contributed by atoms with Crippen LogP contribution in [0.25, 0.3) is 0 Å². The van der Waals surface area contributed by atoms with E-state index in [0.717, 1.165) is 26.1 Å². The summed E-state index contributed by atoms with van der Waals surface area (Å²) in [6, 6.07) is 7.53. The van der Waals surface area contributed by atoms with Crippen LogP contribution in [0.4, 0.5) is 10.5 Å². The summed E-state index contributed by atoms with van der Waals surface area (Å²) < 4.78 is 11.4. The monoisotopic (exact) mass is 362 g/mol. The highest BCUT2D eigenvalue weighted by Crippen LogP contribution is 2.24. The average molecular weight is 363 g/mol. The Bertz CT molecular complexity index is 530. The van der Waals surface area contributed by atoms with Gasteiger partial charge in [-0.25, -0.2) is 4.79 Å². The Balaban J connectivity index is 1.76. The summed E-state index contributed by atoms with van der Waals surface area (Å²) in [7, 11) is 0. The third-order valence-electron chi connectivity index (χ3n) is 4.65. The first-order valence-corrected chi connectivity index (χ1v) is 10.1. The van der Waals surface area contributed by atoms with Crippen LogP contribution in [0.5, 0.6) is 5.75 Å². The lowest BCUT2D eigenvalue weighted by Gasteiger charge is -2.28. The van der Waals surface area contributed by atoms with E-state index in [1.807, 2.05) is 31.2 Å². The van der Waals surface area contributed by atoms with Crippen LogP contribution in [-0.4, -0.2) is 43.3 Å². The SMILES string of the molecule is CCCCCCOc1ccccc1NC(=O)O[C@H](C)CN1CCCCC1. The molecule has 26 heavy (non-hydrogen) atoms. The lowest BCUT2D eigenvalue weighted by Crippen LogP contribution is -2.37. The number of anilines is 1. The van der Waals surface area contributed by atoms with Gasteiger partial charge < -0.3 is 9.47 Å². The molecule has 1 aromatic rings. The summed E-state index contributed by atoms with van der Waals surface area (Å²) in [5, 5.41) is 2.83. The first-order chi connectivity index (χ1) is 12.7. The number of unbranched alkanes of at least 4 members (excludes halogenated alkanes) is 3. The van der Waals surface area contributed by atoms with Crippen LogP contribution in [0.15, 0.2) is 24.3 Å². The van der Waals surface area contributed by atoms with Crippen LogP contribution < -0.4 is 10.1 Å². The van der Waals surface area contributed by atoms with E-state index in [1.54, 1.807) is 0 Å². The fraction of sp³-hybridized carbons (Fsp3) is 0.667. The molecule has 5 heteroatoms. The normalized spacial score (nSPS) is 16.1. The Morgan fingerprint density at radius 3 is 2.69 bits per heavy atom. The molecule has 5 nitrogen and oxygen atoms in total. The largest absolute Gasteiger partial charge is 0.491 e. The van der Waals surface area contributed by atoms with E-state index in [1.165, 1.54) is 38.5 Å². The molecule has 0 aromatic heterocycles. The Labute approximate surface area is 158 Å². The Morgan fingerprint density at radius 2 is 1.92 bits per heavy atom. The number of rotatable bonds is 10. The van der Waals surface area contributed by atoms with Gasteiger partial charge in [0.2, 0.25) is 0 Å². The van der Waals surface area contributed by atoms with Crippen molar-refractivity contribution in [3.8, 4) is 5.75 Å². The van der Waals surface area contributed by atoms with Gasteiger partial charge in [-0.2, -0.15) is 0 Å². The molecule has 0 unspecified atom stereocenters. The topological polar surface area (TPSA) is 50.8 Å². The van der Waals surface area contributed by atoms with E-state index in [9.17, 15) is 4.79 Å². The van der Waals surface area contributed by atoms with Gasteiger partial charge in [0.15, 0.2) is 0 Å². The van der Waals surface area contributed by atoms with Crippen LogP contribution in [0.1, 0.15) is 58.8 Å². The van der Waals surface area contributed by atoms with Crippen molar-refractivity contribution in [3.05, 3.63) is 24.3 Å². The zero-order valence-corrected chi connectivity index (χ0v) is 16.3. The first-order valence-electron chi connectivity index (χ1n) is 10.1. The predicted molar refractivity (Wildman–Crippen MR) is 106 cm³/mol. The molecule has 146 valence electrons. The number of carbonyl (C=O) groups is 1. The second kappa shape index (κ2) is 11.8. The summed E-state index contributed by atoms with van der Waals surface area (Å²) in [5.41, 5.74) is 0.665. The molecule has 1 aliphatic rings. The number of hydrogen-bond acceptors (Lipinski definition) is 4. The average Bonchev–Trinajstić information content (AvgIpc) is 2.63. The van der Waals surface area contributed by atoms with Gasteiger partial charge >= 0.3 is 6.09 Å². The van der Waals surface area contributed by atoms with Crippen LogP contribution in [-0.2, 0) is 4.74 Å². The highest BCUT2D eigenvalue weighted by molar-refractivity contribution is 5.86. The van der Waals surface area contributed by atoms with E-state index in [-0.39, 0.29) is 6.10 Å². The molecule has 0 saturated carbocycles. The summed E-state index contributed by atoms with van der Waals surface area (Å²) in [6.07, 6.45) is 7.86. The smallest absolute Gasteiger partial charge is 0.412 e. The van der Waals surface area contributed by atoms with Crippen molar-refractivity contribution in [1.82, 2.24) is 4.90 Å².